The summed E-state index contributed by atoms with van der Waals surface area (Å²) < 4.78 is 31.4. The van der Waals surface area contributed by atoms with Crippen LogP contribution in [0.25, 0.3) is 0 Å². The molecule has 1 N–H and O–H groups in total. The standard InChI is InChI=1S/C19H18Cl2N2O5S/c20-15-4-3-5-16(21)18(15)19(25)28-12-17(24)22-13-6-8-14(9-7-13)29(26,27)23-10-1-2-11-23/h3-9H,1-2,10-12H2,(H,22,24). The molecule has 29 heavy (non-hydrogen) atoms. The lowest BCUT2D eigenvalue weighted by Crippen LogP contribution is -2.27. The number of rotatable bonds is 6. The van der Waals surface area contributed by atoms with Crippen LogP contribution in [0.1, 0.15) is 23.2 Å². The molecule has 0 spiro atoms. The molecule has 0 unspecified atom stereocenters. The van der Waals surface area contributed by atoms with Gasteiger partial charge in [-0.1, -0.05) is 29.3 Å². The lowest BCUT2D eigenvalue weighted by Gasteiger charge is -2.15. The summed E-state index contributed by atoms with van der Waals surface area (Å²) in [6.45, 7) is 0.484. The number of sulfonamides is 1. The van der Waals surface area contributed by atoms with Crippen LogP contribution in [0.2, 0.25) is 10.0 Å². The van der Waals surface area contributed by atoms with E-state index in [4.69, 9.17) is 27.9 Å². The molecule has 3 rings (SSSR count). The molecular formula is C19H18Cl2N2O5S. The second-order valence-electron chi connectivity index (χ2n) is 6.36. The van der Waals surface area contributed by atoms with Gasteiger partial charge < -0.3 is 10.1 Å². The summed E-state index contributed by atoms with van der Waals surface area (Å²) in [5, 5.41) is 2.78. The number of carbonyl (C=O) groups excluding carboxylic acids is 2. The number of ether oxygens (including phenoxy) is 1. The minimum atomic E-state index is -3.52. The van der Waals surface area contributed by atoms with Crippen LogP contribution >= 0.6 is 23.2 Å². The highest BCUT2D eigenvalue weighted by Gasteiger charge is 2.27. The predicted octanol–water partition coefficient (Wildman–Crippen LogP) is 3.57. The van der Waals surface area contributed by atoms with Crippen LogP contribution in [0, 0.1) is 0 Å². The van der Waals surface area contributed by atoms with Crippen molar-refractivity contribution in [2.75, 3.05) is 25.0 Å². The Morgan fingerprint density at radius 1 is 1.00 bits per heavy atom. The van der Waals surface area contributed by atoms with Crippen molar-refractivity contribution in [2.24, 2.45) is 0 Å². The number of benzene rings is 2. The number of nitrogens with one attached hydrogen (secondary N) is 1. The Labute approximate surface area is 178 Å². The summed E-state index contributed by atoms with van der Waals surface area (Å²) in [7, 11) is -3.52. The first kappa shape index (κ1) is 21.6. The number of carbonyl (C=O) groups is 2. The van der Waals surface area contributed by atoms with Crippen molar-refractivity contribution in [3.63, 3.8) is 0 Å². The molecule has 1 aliphatic heterocycles. The molecule has 0 saturated carbocycles. The van der Waals surface area contributed by atoms with Gasteiger partial charge in [0, 0.05) is 18.8 Å². The Bertz CT molecular complexity index is 999. The maximum absolute atomic E-state index is 12.5. The Hall–Kier alpha value is -2.13. The fourth-order valence-electron chi connectivity index (χ4n) is 2.88. The van der Waals surface area contributed by atoms with E-state index in [0.29, 0.717) is 18.8 Å². The number of esters is 1. The van der Waals surface area contributed by atoms with E-state index in [9.17, 15) is 18.0 Å². The molecule has 0 atom stereocenters. The van der Waals surface area contributed by atoms with Crippen molar-refractivity contribution in [1.82, 2.24) is 4.31 Å². The van der Waals surface area contributed by atoms with Crippen LogP contribution in [0.15, 0.2) is 47.4 Å². The van der Waals surface area contributed by atoms with Gasteiger partial charge in [-0.2, -0.15) is 4.31 Å². The van der Waals surface area contributed by atoms with Crippen LogP contribution in [0.3, 0.4) is 0 Å². The molecule has 1 saturated heterocycles. The Kier molecular flexibility index (Phi) is 6.79. The van der Waals surface area contributed by atoms with E-state index in [0.717, 1.165) is 12.8 Å². The van der Waals surface area contributed by atoms with Crippen molar-refractivity contribution in [3.8, 4) is 0 Å². The first-order chi connectivity index (χ1) is 13.8. The van der Waals surface area contributed by atoms with E-state index >= 15 is 0 Å². The average Bonchev–Trinajstić information content (AvgIpc) is 3.22. The Morgan fingerprint density at radius 3 is 2.17 bits per heavy atom. The number of amides is 1. The van der Waals surface area contributed by atoms with E-state index in [2.05, 4.69) is 5.32 Å². The molecule has 2 aromatic carbocycles. The fraction of sp³-hybridized carbons (Fsp3) is 0.263. The normalized spacial score (nSPS) is 14.6. The summed E-state index contributed by atoms with van der Waals surface area (Å²) >= 11 is 11.9. The van der Waals surface area contributed by atoms with Crippen molar-refractivity contribution < 1.29 is 22.7 Å². The van der Waals surface area contributed by atoms with Crippen LogP contribution in [-0.4, -0.2) is 44.3 Å². The third kappa shape index (κ3) is 5.08. The van der Waals surface area contributed by atoms with Gasteiger partial charge in [0.1, 0.15) is 0 Å². The Morgan fingerprint density at radius 2 is 1.59 bits per heavy atom. The van der Waals surface area contributed by atoms with E-state index in [1.807, 2.05) is 0 Å². The zero-order valence-electron chi connectivity index (χ0n) is 15.2. The van der Waals surface area contributed by atoms with Gasteiger partial charge in [0.25, 0.3) is 5.91 Å². The number of nitrogens with zero attached hydrogens (tertiary/aromatic N) is 1. The van der Waals surface area contributed by atoms with Gasteiger partial charge in [0.05, 0.1) is 20.5 Å². The average molecular weight is 457 g/mol. The summed E-state index contributed by atoms with van der Waals surface area (Å²) in [5.41, 5.74) is 0.363. The molecule has 7 nitrogen and oxygen atoms in total. The first-order valence-electron chi connectivity index (χ1n) is 8.80. The molecule has 1 heterocycles. The minimum Gasteiger partial charge on any atom is -0.452 e. The zero-order chi connectivity index (χ0) is 21.0. The number of halogens is 2. The second-order valence-corrected chi connectivity index (χ2v) is 9.11. The SMILES string of the molecule is O=C(COC(=O)c1c(Cl)cccc1Cl)Nc1ccc(S(=O)(=O)N2CCCC2)cc1. The highest BCUT2D eigenvalue weighted by Crippen LogP contribution is 2.25. The molecule has 1 fully saturated rings. The molecule has 2 aromatic rings. The van der Waals surface area contributed by atoms with Crippen molar-refractivity contribution in [1.29, 1.82) is 0 Å². The summed E-state index contributed by atoms with van der Waals surface area (Å²) in [5.74, 6) is -1.40. The largest absolute Gasteiger partial charge is 0.452 e. The number of hydrogen-bond acceptors (Lipinski definition) is 5. The van der Waals surface area contributed by atoms with Crippen LogP contribution in [0.5, 0.6) is 0 Å². The van der Waals surface area contributed by atoms with E-state index in [-0.39, 0.29) is 20.5 Å². The van der Waals surface area contributed by atoms with Gasteiger partial charge in [0.15, 0.2) is 6.61 Å². The van der Waals surface area contributed by atoms with E-state index < -0.39 is 28.5 Å². The molecule has 154 valence electrons. The molecule has 10 heteroatoms. The van der Waals surface area contributed by atoms with E-state index in [1.165, 1.54) is 40.7 Å². The zero-order valence-corrected chi connectivity index (χ0v) is 17.6. The van der Waals surface area contributed by atoms with Gasteiger partial charge in [-0.15, -0.1) is 0 Å². The predicted molar refractivity (Wildman–Crippen MR) is 110 cm³/mol. The topological polar surface area (TPSA) is 92.8 Å². The first-order valence-corrected chi connectivity index (χ1v) is 11.0. The lowest BCUT2D eigenvalue weighted by molar-refractivity contribution is -0.119. The van der Waals surface area contributed by atoms with Gasteiger partial charge in [-0.3, -0.25) is 4.79 Å². The van der Waals surface area contributed by atoms with Gasteiger partial charge in [0.2, 0.25) is 10.0 Å². The van der Waals surface area contributed by atoms with Gasteiger partial charge >= 0.3 is 5.97 Å². The highest BCUT2D eigenvalue weighted by molar-refractivity contribution is 7.89. The second kappa shape index (κ2) is 9.13. The van der Waals surface area contributed by atoms with Crippen molar-refractivity contribution >= 4 is 50.8 Å². The maximum Gasteiger partial charge on any atom is 0.341 e. The molecular weight excluding hydrogens is 439 g/mol. The number of hydrogen-bond donors (Lipinski definition) is 1. The molecule has 1 aliphatic rings. The third-order valence-corrected chi connectivity index (χ3v) is 6.88. The van der Waals surface area contributed by atoms with Crippen LogP contribution in [-0.2, 0) is 19.6 Å². The molecule has 0 radical (unpaired) electrons. The van der Waals surface area contributed by atoms with Crippen LogP contribution < -0.4 is 5.32 Å². The third-order valence-electron chi connectivity index (χ3n) is 4.34. The molecule has 0 aliphatic carbocycles. The fourth-order valence-corrected chi connectivity index (χ4v) is 4.95. The van der Waals surface area contributed by atoms with Gasteiger partial charge in [-0.25, -0.2) is 13.2 Å². The van der Waals surface area contributed by atoms with E-state index in [1.54, 1.807) is 6.07 Å². The summed E-state index contributed by atoms with van der Waals surface area (Å²) in [4.78, 5) is 24.3. The van der Waals surface area contributed by atoms with Crippen molar-refractivity contribution in [3.05, 3.63) is 58.1 Å². The maximum atomic E-state index is 12.5. The number of anilines is 1. The van der Waals surface area contributed by atoms with Gasteiger partial charge in [-0.05, 0) is 49.2 Å². The smallest absolute Gasteiger partial charge is 0.341 e. The summed E-state index contributed by atoms with van der Waals surface area (Å²) in [6, 6.07) is 10.4. The Balaban J connectivity index is 1.58. The minimum absolute atomic E-state index is 0.0138. The molecule has 1 amide bonds. The lowest BCUT2D eigenvalue weighted by atomic mass is 10.2. The quantitative estimate of drug-likeness (QED) is 0.670. The monoisotopic (exact) mass is 456 g/mol. The summed E-state index contributed by atoms with van der Waals surface area (Å²) in [6.07, 6.45) is 1.71. The highest BCUT2D eigenvalue weighted by atomic mass is 35.5. The van der Waals surface area contributed by atoms with Crippen molar-refractivity contribution in [2.45, 2.75) is 17.7 Å². The van der Waals surface area contributed by atoms with Crippen LogP contribution in [0.4, 0.5) is 5.69 Å². The molecule has 0 bridgehead atoms. The molecule has 0 aromatic heterocycles.